The summed E-state index contributed by atoms with van der Waals surface area (Å²) in [6.07, 6.45) is 17.8. The van der Waals surface area contributed by atoms with E-state index in [1.54, 1.807) is 108 Å². The zero-order valence-corrected chi connectivity index (χ0v) is 74.7. The van der Waals surface area contributed by atoms with Crippen LogP contribution in [0.3, 0.4) is 0 Å². The second-order valence-corrected chi connectivity index (χ2v) is 32.6. The van der Waals surface area contributed by atoms with Gasteiger partial charge >= 0.3 is 0 Å². The van der Waals surface area contributed by atoms with E-state index >= 15 is 0 Å². The van der Waals surface area contributed by atoms with Gasteiger partial charge in [-0.05, 0) is 131 Å². The van der Waals surface area contributed by atoms with Gasteiger partial charge < -0.3 is 58.0 Å². The number of hydrogen-bond donors (Lipinski definition) is 8. The van der Waals surface area contributed by atoms with Crippen LogP contribution >= 0.6 is 23.2 Å². The summed E-state index contributed by atoms with van der Waals surface area (Å²) in [5.74, 6) is 5.10. The lowest BCUT2D eigenvalue weighted by Gasteiger charge is -2.23. The molecule has 0 spiro atoms. The van der Waals surface area contributed by atoms with E-state index in [1.165, 1.54) is 71.6 Å². The molecule has 3 fully saturated rings. The Hall–Kier alpha value is -15.5. The summed E-state index contributed by atoms with van der Waals surface area (Å²) < 4.78 is 54.2. The Kier molecular flexibility index (Phi) is 25.7. The topological polar surface area (TPSA) is 518 Å². The third-order valence-electron chi connectivity index (χ3n) is 22.9. The van der Waals surface area contributed by atoms with Gasteiger partial charge in [-0.3, -0.25) is 46.8 Å². The molecule has 0 saturated heterocycles. The van der Waals surface area contributed by atoms with Crippen molar-refractivity contribution in [2.24, 2.45) is 14.1 Å². The summed E-state index contributed by atoms with van der Waals surface area (Å²) in [5, 5.41) is 32.2. The number of nitrogens with zero attached hydrogens (tertiary/aromatic N) is 24. The maximum absolute atomic E-state index is 15.0. The summed E-state index contributed by atoms with van der Waals surface area (Å²) in [6, 6.07) is 28.7. The van der Waals surface area contributed by atoms with Gasteiger partial charge in [0.2, 0.25) is 0 Å². The molecule has 4 atom stereocenters. The highest BCUT2D eigenvalue weighted by molar-refractivity contribution is 6.35. The van der Waals surface area contributed by atoms with Gasteiger partial charge in [0.15, 0.2) is 17.5 Å². The number of para-hydroxylation sites is 1. The molecular formula is C90H90Cl2F2N32O7. The largest absolute Gasteiger partial charge is 0.383 e. The van der Waals surface area contributed by atoms with E-state index in [0.29, 0.717) is 168 Å². The van der Waals surface area contributed by atoms with Gasteiger partial charge in [0.25, 0.3) is 22.2 Å². The number of hydrogen-bond acceptors (Lipinski definition) is 33. The van der Waals surface area contributed by atoms with E-state index in [2.05, 4.69) is 91.6 Å². The molecule has 0 unspecified atom stereocenters. The normalized spacial score (nSPS) is 13.9. The Morgan fingerprint density at radius 2 is 0.835 bits per heavy atom. The first kappa shape index (κ1) is 89.5. The fourth-order valence-corrected chi connectivity index (χ4v) is 16.4. The van der Waals surface area contributed by atoms with Gasteiger partial charge in [0.1, 0.15) is 160 Å². The number of aromatic nitrogens is 24. The third-order valence-corrected chi connectivity index (χ3v) is 23.5. The van der Waals surface area contributed by atoms with E-state index in [4.69, 9.17) is 79.9 Å². The van der Waals surface area contributed by atoms with Gasteiger partial charge in [-0.1, -0.05) is 104 Å². The summed E-state index contributed by atoms with van der Waals surface area (Å²) >= 11 is 12.7. The Morgan fingerprint density at radius 3 is 1.27 bits per heavy atom. The fourth-order valence-electron chi connectivity index (χ4n) is 15.9. The summed E-state index contributed by atoms with van der Waals surface area (Å²) in [6.45, 7) is 10.2. The highest BCUT2D eigenvalue weighted by atomic mass is 35.5. The fraction of sp³-hybridized carbons (Fsp3) is 0.289. The van der Waals surface area contributed by atoms with Crippen molar-refractivity contribution in [1.29, 1.82) is 0 Å². The molecule has 12 heterocycles. The van der Waals surface area contributed by atoms with Crippen molar-refractivity contribution < 1.29 is 22.6 Å². The molecule has 0 bridgehead atoms. The molecule has 12 aromatic heterocycles. The molecule has 0 aliphatic heterocycles. The van der Waals surface area contributed by atoms with Crippen LogP contribution in [0.5, 0.6) is 0 Å². The molecule has 133 heavy (non-hydrogen) atoms. The highest BCUT2D eigenvalue weighted by Gasteiger charge is 2.37. The van der Waals surface area contributed by atoms with Crippen molar-refractivity contribution >= 4 is 113 Å². The molecule has 39 nitrogen and oxygen atoms in total. The number of rotatable bonds is 26. The van der Waals surface area contributed by atoms with Crippen molar-refractivity contribution in [3.8, 4) is 51.0 Å². The van der Waals surface area contributed by atoms with Crippen molar-refractivity contribution in [3.05, 3.63) is 251 Å². The number of ether oxygens (including phenoxy) is 1. The zero-order chi connectivity index (χ0) is 93.2. The minimum atomic E-state index is -0.586. The number of benzene rings is 5. The standard InChI is InChI=1S/C24H21ClFN9O.C23H26ClN9O2.C22H23N7O2.C21H20FN7O2/c1-3-15(31-21-19(20(27)28-11-29-21)22-30-12-34(2)33-22)23-32-16-9-6-7-13(25)18(16)24(36)35(23)17-10-5-4-8-14(17)26;1-4-14(22-29-15-7-5-6-13(24)17(15)23(34)33(22)12-8-9-12)28-20-18(19(25)26-11-27-20)21-30-16(10-35-3)32(2)31-21;1-3-14(26-20-18(16-9-10-31-28-16)19(23)24-11-25-20)21-27-15-6-4-5-12(2)17(15)22(30)29(21)13-7-8-13;1-2-13(26-19-17(15-8-9-31-28-15)18(23)24-10-25-19)20-27-14-5-3-4-12(22)16(14)21(30)29(20)11-6-7-11/h4-12,15H,3H2,1-2H3,(H3,27,28,29,31);5-7,11-12,14H,4,8-10H2,1-3H3,(H3,25,26,27,28);4-6,9-11,13-14H,3,7-8H2,1-2H3,(H3,23,24,25,26);3-5,8-11,13H,2,6-7H2,1H3,(H3,23,24,25,26)/t15-;2*14-;13-/m0000/s1. The highest BCUT2D eigenvalue weighted by Crippen LogP contribution is 2.44. The molecule has 5 aromatic carbocycles. The van der Waals surface area contributed by atoms with Gasteiger partial charge in [0, 0.05) is 51.5 Å². The van der Waals surface area contributed by atoms with E-state index < -0.39 is 23.2 Å². The molecule has 43 heteroatoms. The van der Waals surface area contributed by atoms with Crippen LogP contribution in [-0.2, 0) is 25.4 Å². The second kappa shape index (κ2) is 38.3. The Labute approximate surface area is 765 Å². The van der Waals surface area contributed by atoms with Crippen molar-refractivity contribution in [3.63, 3.8) is 0 Å². The van der Waals surface area contributed by atoms with Crippen LogP contribution in [0.15, 0.2) is 182 Å². The minimum Gasteiger partial charge on any atom is -0.383 e. The number of nitrogen functional groups attached to an aromatic ring is 4. The number of fused-ring (bicyclic) bond motifs is 4. The lowest BCUT2D eigenvalue weighted by atomic mass is 10.1. The van der Waals surface area contributed by atoms with Crippen molar-refractivity contribution in [2.45, 2.75) is 148 Å². The average Bonchev–Trinajstić information content (AvgIpc) is 1.57. The number of methoxy groups -OCH3 is 1. The monoisotopic (exact) mass is 1840 g/mol. The Balaban J connectivity index is 0.000000124. The average molecular weight is 1840 g/mol. The molecule has 3 saturated carbocycles. The van der Waals surface area contributed by atoms with Crippen LogP contribution in [0.2, 0.25) is 10.0 Å². The summed E-state index contributed by atoms with van der Waals surface area (Å²) in [5.41, 5.74) is 29.6. The lowest BCUT2D eigenvalue weighted by Crippen LogP contribution is -2.29. The smallest absolute Gasteiger partial charge is 0.267 e. The zero-order valence-electron chi connectivity index (χ0n) is 73.2. The van der Waals surface area contributed by atoms with Crippen LogP contribution in [0.1, 0.15) is 169 Å². The van der Waals surface area contributed by atoms with E-state index in [-0.39, 0.29) is 97.7 Å². The molecule has 0 amide bonds. The first-order valence-electron chi connectivity index (χ1n) is 42.9. The maximum Gasteiger partial charge on any atom is 0.267 e. The Morgan fingerprint density at radius 1 is 0.444 bits per heavy atom. The molecule has 20 rings (SSSR count). The predicted molar refractivity (Wildman–Crippen MR) is 499 cm³/mol. The number of halogens is 4. The molecule has 17 aromatic rings. The van der Waals surface area contributed by atoms with Gasteiger partial charge in [0.05, 0.1) is 89.3 Å². The van der Waals surface area contributed by atoms with Crippen LogP contribution in [0.25, 0.3) is 94.6 Å². The van der Waals surface area contributed by atoms with Crippen molar-refractivity contribution in [2.75, 3.05) is 51.3 Å². The lowest BCUT2D eigenvalue weighted by molar-refractivity contribution is 0.174. The van der Waals surface area contributed by atoms with Gasteiger partial charge in [-0.15, -0.1) is 0 Å². The minimum absolute atomic E-state index is 0.0137. The van der Waals surface area contributed by atoms with E-state index in [0.717, 1.165) is 44.1 Å². The third kappa shape index (κ3) is 18.1. The molecule has 680 valence electrons. The van der Waals surface area contributed by atoms with Crippen LogP contribution in [-0.4, -0.2) is 125 Å². The predicted octanol–water partition coefficient (Wildman–Crippen LogP) is 14.3. The number of nitrogens with one attached hydrogen (secondary N) is 4. The Bertz CT molecular complexity index is 7280. The summed E-state index contributed by atoms with van der Waals surface area (Å²) in [7, 11) is 5.11. The van der Waals surface area contributed by atoms with E-state index in [1.807, 2.05) is 57.4 Å². The number of aryl methyl sites for hydroxylation is 3. The van der Waals surface area contributed by atoms with E-state index in [9.17, 15) is 28.0 Å². The maximum atomic E-state index is 15.0. The SMILES string of the molecule is CC[C@H](Nc1ncnc(N)c1-c1ccon1)c1nc2cccc(C)c2c(=O)n1C1CC1.CC[C@H](Nc1ncnc(N)c1-c1ccon1)c1nc2cccc(F)c2c(=O)n1C1CC1.CC[C@H](Nc1ncnc(N)c1-c1nc(COC)n(C)n1)c1nc2cccc(Cl)c2c(=O)n1C1CC1.CC[C@H](Nc1ncnc(N)c1-c1ncn(C)n1)c1nc2cccc(Cl)c2c(=O)n1-c1ccccc1F. The van der Waals surface area contributed by atoms with Crippen LogP contribution in [0, 0.1) is 18.6 Å². The van der Waals surface area contributed by atoms with Crippen molar-refractivity contribution in [1.82, 2.24) is 118 Å². The number of nitrogens with two attached hydrogens (primary N) is 4. The molecule has 3 aliphatic rings. The van der Waals surface area contributed by atoms with Gasteiger partial charge in [-0.25, -0.2) is 78.6 Å². The first-order chi connectivity index (χ1) is 64.5. The van der Waals surface area contributed by atoms with Crippen LogP contribution < -0.4 is 66.4 Å². The van der Waals surface area contributed by atoms with Crippen LogP contribution in [0.4, 0.5) is 55.3 Å². The second-order valence-electron chi connectivity index (χ2n) is 31.8. The van der Waals surface area contributed by atoms with Gasteiger partial charge in [-0.2, -0.15) is 10.2 Å². The molecule has 3 aliphatic carbocycles. The molecular weight excluding hydrogens is 1750 g/mol. The summed E-state index contributed by atoms with van der Waals surface area (Å²) in [4.78, 5) is 116. The number of anilines is 8. The molecule has 0 radical (unpaired) electrons. The first-order valence-corrected chi connectivity index (χ1v) is 43.7. The quantitative estimate of drug-likeness (QED) is 0.0250. The molecule has 12 N–H and O–H groups in total.